The van der Waals surface area contributed by atoms with Crippen molar-refractivity contribution >= 4 is 11.6 Å². The molecule has 2 aromatic rings. The molecule has 1 aromatic carbocycles. The zero-order valence-corrected chi connectivity index (χ0v) is 11.0. The van der Waals surface area contributed by atoms with Crippen LogP contribution in [0.5, 0.6) is 0 Å². The Morgan fingerprint density at radius 1 is 1.33 bits per heavy atom. The molecule has 1 aromatic heterocycles. The summed E-state index contributed by atoms with van der Waals surface area (Å²) in [5, 5.41) is 0.741. The Morgan fingerprint density at radius 2 is 2.17 bits per heavy atom. The summed E-state index contributed by atoms with van der Waals surface area (Å²) in [5.41, 5.74) is 6.04. The van der Waals surface area contributed by atoms with E-state index in [9.17, 15) is 0 Å². The van der Waals surface area contributed by atoms with E-state index in [0.717, 1.165) is 28.3 Å². The molecule has 0 amide bonds. The quantitative estimate of drug-likeness (QED) is 0.657. The van der Waals surface area contributed by atoms with E-state index in [1.165, 1.54) is 0 Å². The normalized spacial score (nSPS) is 12.4. The fourth-order valence-electron chi connectivity index (χ4n) is 1.86. The van der Waals surface area contributed by atoms with Crippen molar-refractivity contribution in [3.05, 3.63) is 64.4 Å². The zero-order chi connectivity index (χ0) is 13.0. The fraction of sp³-hybridized carbons (Fsp3) is 0.214. The Bertz CT molecular complexity index is 511. The number of nitrogens with one attached hydrogen (secondary N) is 1. The number of hydrogen-bond acceptors (Lipinski definition) is 3. The Kier molecular flexibility index (Phi) is 4.31. The Morgan fingerprint density at radius 3 is 2.78 bits per heavy atom. The highest BCUT2D eigenvalue weighted by Gasteiger charge is 2.11. The summed E-state index contributed by atoms with van der Waals surface area (Å²) in [7, 11) is 0. The van der Waals surface area contributed by atoms with Gasteiger partial charge >= 0.3 is 0 Å². The van der Waals surface area contributed by atoms with Gasteiger partial charge in [0.15, 0.2) is 0 Å². The smallest absolute Gasteiger partial charge is 0.0515 e. The van der Waals surface area contributed by atoms with Crippen LogP contribution in [0.25, 0.3) is 0 Å². The maximum atomic E-state index is 5.97. The maximum absolute atomic E-state index is 5.97. The zero-order valence-electron chi connectivity index (χ0n) is 10.2. The summed E-state index contributed by atoms with van der Waals surface area (Å²) in [5.74, 6) is 5.62. The molecule has 1 unspecified atom stereocenters. The summed E-state index contributed by atoms with van der Waals surface area (Å²) >= 11 is 5.97. The molecule has 0 saturated carbocycles. The number of nitrogens with two attached hydrogens (primary N) is 1. The highest BCUT2D eigenvalue weighted by molar-refractivity contribution is 6.30. The van der Waals surface area contributed by atoms with Crippen LogP contribution >= 0.6 is 11.6 Å². The van der Waals surface area contributed by atoms with Gasteiger partial charge in [0.05, 0.1) is 6.04 Å². The first-order valence-corrected chi connectivity index (χ1v) is 6.20. The molecule has 0 radical (unpaired) electrons. The first kappa shape index (κ1) is 13.0. The van der Waals surface area contributed by atoms with E-state index >= 15 is 0 Å². The third kappa shape index (κ3) is 3.29. The maximum Gasteiger partial charge on any atom is 0.0515 e. The van der Waals surface area contributed by atoms with Crippen molar-refractivity contribution < 1.29 is 0 Å². The van der Waals surface area contributed by atoms with Crippen molar-refractivity contribution in [3.63, 3.8) is 0 Å². The molecule has 3 N–H and O–H groups in total. The first-order valence-electron chi connectivity index (χ1n) is 5.82. The Balaban J connectivity index is 2.17. The average molecular weight is 262 g/mol. The second-order valence-corrected chi connectivity index (χ2v) is 4.72. The van der Waals surface area contributed by atoms with Crippen molar-refractivity contribution in [2.24, 2.45) is 5.84 Å². The molecule has 3 nitrogen and oxygen atoms in total. The molecule has 0 aliphatic rings. The van der Waals surface area contributed by atoms with Gasteiger partial charge in [0.25, 0.3) is 0 Å². The lowest BCUT2D eigenvalue weighted by molar-refractivity contribution is 0.550. The van der Waals surface area contributed by atoms with Crippen LogP contribution in [-0.2, 0) is 6.42 Å². The van der Waals surface area contributed by atoms with Gasteiger partial charge in [0.1, 0.15) is 0 Å². The summed E-state index contributed by atoms with van der Waals surface area (Å²) < 4.78 is 0. The summed E-state index contributed by atoms with van der Waals surface area (Å²) in [6.07, 6.45) is 2.63. The lowest BCUT2D eigenvalue weighted by Gasteiger charge is -2.16. The van der Waals surface area contributed by atoms with Gasteiger partial charge in [-0.25, -0.2) is 0 Å². The third-order valence-corrected chi connectivity index (χ3v) is 3.10. The van der Waals surface area contributed by atoms with E-state index in [1.54, 1.807) is 0 Å². The average Bonchev–Trinajstić information content (AvgIpc) is 2.37. The molecule has 0 spiro atoms. The molecule has 0 saturated heterocycles. The fourth-order valence-corrected chi connectivity index (χ4v) is 2.07. The predicted molar refractivity (Wildman–Crippen MR) is 74.2 cm³/mol. The molecule has 0 fully saturated rings. The largest absolute Gasteiger partial charge is 0.271 e. The number of aromatic nitrogens is 1. The number of pyridine rings is 1. The first-order chi connectivity index (χ1) is 8.69. The topological polar surface area (TPSA) is 50.9 Å². The van der Waals surface area contributed by atoms with E-state index in [-0.39, 0.29) is 6.04 Å². The molecule has 0 bridgehead atoms. The van der Waals surface area contributed by atoms with E-state index in [1.807, 2.05) is 49.5 Å². The molecule has 1 atom stereocenters. The molecule has 94 valence electrons. The van der Waals surface area contributed by atoms with Crippen LogP contribution in [0.4, 0.5) is 0 Å². The van der Waals surface area contributed by atoms with Gasteiger partial charge in [-0.05, 0) is 42.7 Å². The predicted octanol–water partition coefficient (Wildman–Crippen LogP) is 2.79. The highest BCUT2D eigenvalue weighted by Crippen LogP contribution is 2.19. The molecule has 0 aliphatic heterocycles. The molecular weight excluding hydrogens is 246 g/mol. The van der Waals surface area contributed by atoms with Crippen LogP contribution in [0.1, 0.15) is 22.9 Å². The molecular formula is C14H16ClN3. The molecule has 18 heavy (non-hydrogen) atoms. The standard InChI is InChI=1S/C14H16ClN3/c1-10-5-6-12(9-17-10)14(18-16)8-11-3-2-4-13(15)7-11/h2-7,9,14,18H,8,16H2,1H3. The molecule has 1 heterocycles. The van der Waals surface area contributed by atoms with E-state index in [4.69, 9.17) is 17.4 Å². The van der Waals surface area contributed by atoms with Crippen LogP contribution in [0.15, 0.2) is 42.6 Å². The van der Waals surface area contributed by atoms with E-state index in [0.29, 0.717) is 0 Å². The van der Waals surface area contributed by atoms with Gasteiger partial charge in [-0.3, -0.25) is 16.3 Å². The van der Waals surface area contributed by atoms with Crippen LogP contribution in [0, 0.1) is 6.92 Å². The van der Waals surface area contributed by atoms with Gasteiger partial charge in [0.2, 0.25) is 0 Å². The minimum absolute atomic E-state index is 0.0385. The van der Waals surface area contributed by atoms with Crippen LogP contribution in [0.2, 0.25) is 5.02 Å². The third-order valence-electron chi connectivity index (χ3n) is 2.87. The number of halogens is 1. The van der Waals surface area contributed by atoms with Crippen LogP contribution in [0.3, 0.4) is 0 Å². The lowest BCUT2D eigenvalue weighted by atomic mass is 10.0. The number of benzene rings is 1. The van der Waals surface area contributed by atoms with Crippen molar-refractivity contribution in [1.82, 2.24) is 10.4 Å². The van der Waals surface area contributed by atoms with Crippen LogP contribution in [-0.4, -0.2) is 4.98 Å². The second-order valence-electron chi connectivity index (χ2n) is 4.29. The molecule has 4 heteroatoms. The van der Waals surface area contributed by atoms with Crippen molar-refractivity contribution in [2.45, 2.75) is 19.4 Å². The van der Waals surface area contributed by atoms with Gasteiger partial charge in [-0.1, -0.05) is 29.8 Å². The number of hydrazine groups is 1. The minimum atomic E-state index is 0.0385. The van der Waals surface area contributed by atoms with Gasteiger partial charge in [-0.15, -0.1) is 0 Å². The van der Waals surface area contributed by atoms with Crippen molar-refractivity contribution in [1.29, 1.82) is 0 Å². The monoisotopic (exact) mass is 261 g/mol. The van der Waals surface area contributed by atoms with Crippen molar-refractivity contribution in [2.75, 3.05) is 0 Å². The molecule has 2 rings (SSSR count). The van der Waals surface area contributed by atoms with E-state index in [2.05, 4.69) is 10.4 Å². The van der Waals surface area contributed by atoms with Crippen LogP contribution < -0.4 is 11.3 Å². The Labute approximate surface area is 112 Å². The number of rotatable bonds is 4. The lowest BCUT2D eigenvalue weighted by Crippen LogP contribution is -2.29. The van der Waals surface area contributed by atoms with Crippen molar-refractivity contribution in [3.8, 4) is 0 Å². The van der Waals surface area contributed by atoms with E-state index < -0.39 is 0 Å². The summed E-state index contributed by atoms with van der Waals surface area (Å²) in [6.45, 7) is 1.96. The molecule has 0 aliphatic carbocycles. The summed E-state index contributed by atoms with van der Waals surface area (Å²) in [4.78, 5) is 4.29. The number of hydrogen-bond donors (Lipinski definition) is 2. The minimum Gasteiger partial charge on any atom is -0.271 e. The number of aryl methyl sites for hydroxylation is 1. The number of nitrogens with zero attached hydrogens (tertiary/aromatic N) is 1. The highest BCUT2D eigenvalue weighted by atomic mass is 35.5. The summed E-state index contributed by atoms with van der Waals surface area (Å²) in [6, 6.07) is 11.9. The van der Waals surface area contributed by atoms with Gasteiger partial charge in [0, 0.05) is 16.9 Å². The second kappa shape index (κ2) is 5.96. The van der Waals surface area contributed by atoms with Gasteiger partial charge in [-0.2, -0.15) is 0 Å². The van der Waals surface area contributed by atoms with Gasteiger partial charge < -0.3 is 0 Å². The SMILES string of the molecule is Cc1ccc(C(Cc2cccc(Cl)c2)NN)cn1. The Hall–Kier alpha value is -1.42.